The molecule has 2 nitrogen and oxygen atoms in total. The second kappa shape index (κ2) is 6.27. The molecule has 7 heteroatoms. The quantitative estimate of drug-likeness (QED) is 0.534. The Hall–Kier alpha value is -2.54. The van der Waals surface area contributed by atoms with Gasteiger partial charge in [-0.1, -0.05) is 24.3 Å². The molecule has 140 valence electrons. The molecule has 27 heavy (non-hydrogen) atoms. The molecule has 1 aromatic carbocycles. The number of aromatic nitrogens is 1. The molecule has 2 atom stereocenters. The van der Waals surface area contributed by atoms with Gasteiger partial charge in [-0.05, 0) is 29.8 Å². The molecule has 2 aromatic rings. The van der Waals surface area contributed by atoms with Crippen molar-refractivity contribution in [3.63, 3.8) is 0 Å². The Morgan fingerprint density at radius 1 is 1.04 bits per heavy atom. The van der Waals surface area contributed by atoms with Crippen LogP contribution in [0.5, 0.6) is 0 Å². The Kier molecular flexibility index (Phi) is 4.14. The third-order valence-electron chi connectivity index (χ3n) is 4.77. The van der Waals surface area contributed by atoms with Crippen molar-refractivity contribution in [3.05, 3.63) is 77.7 Å². The smallest absolute Gasteiger partial charge is 0.324 e. The zero-order chi connectivity index (χ0) is 19.2. The van der Waals surface area contributed by atoms with E-state index in [1.165, 1.54) is 36.5 Å². The molecule has 0 radical (unpaired) electrons. The molecule has 0 N–H and O–H groups in total. The fraction of sp³-hybridized carbons (Fsp3) is 0.250. The first-order valence-corrected chi connectivity index (χ1v) is 8.30. The van der Waals surface area contributed by atoms with Crippen LogP contribution in [0.25, 0.3) is 11.1 Å². The van der Waals surface area contributed by atoms with Crippen molar-refractivity contribution < 1.29 is 26.7 Å². The first kappa shape index (κ1) is 17.9. The number of hydrogen-bond donors (Lipinski definition) is 0. The Bertz CT molecular complexity index is 914. The van der Waals surface area contributed by atoms with Gasteiger partial charge in [-0.2, -0.15) is 8.78 Å². The summed E-state index contributed by atoms with van der Waals surface area (Å²) in [6, 6.07) is 8.09. The van der Waals surface area contributed by atoms with Crippen LogP contribution in [0.3, 0.4) is 0 Å². The number of allylic oxidation sites excluding steroid dienone is 2. The maximum Gasteiger partial charge on any atom is 0.324 e. The van der Waals surface area contributed by atoms with Gasteiger partial charge in [-0.15, -0.1) is 0 Å². The van der Waals surface area contributed by atoms with E-state index >= 15 is 8.78 Å². The topological polar surface area (TPSA) is 25.4 Å². The fourth-order valence-electron chi connectivity index (χ4n) is 3.18. The van der Waals surface area contributed by atoms with E-state index in [2.05, 4.69) is 4.98 Å². The lowest BCUT2D eigenvalue weighted by atomic mass is 9.86. The summed E-state index contributed by atoms with van der Waals surface area (Å²) in [6.45, 7) is -0.383. The van der Waals surface area contributed by atoms with E-state index < -0.39 is 35.0 Å². The summed E-state index contributed by atoms with van der Waals surface area (Å²) in [5, 5.41) is 0. The van der Waals surface area contributed by atoms with Gasteiger partial charge < -0.3 is 4.74 Å². The molecular weight excluding hydrogens is 365 g/mol. The lowest BCUT2D eigenvalue weighted by Gasteiger charge is -2.27. The Balaban J connectivity index is 1.64. The zero-order valence-corrected chi connectivity index (χ0v) is 13.9. The molecule has 0 spiro atoms. The lowest BCUT2D eigenvalue weighted by molar-refractivity contribution is -0.0710. The van der Waals surface area contributed by atoms with Crippen LogP contribution in [0.4, 0.5) is 22.0 Å². The highest BCUT2D eigenvalue weighted by atomic mass is 19.3. The number of hydrogen-bond acceptors (Lipinski definition) is 2. The fourth-order valence-corrected chi connectivity index (χ4v) is 3.18. The standard InChI is InChI=1S/C20H14F5NO/c21-14-4-1-12(2-5-14)13-3-8-18(26-10-13)20(24,25)19(11-27-19)16-7-6-15(22)9-17(16)23/h1-5,7-10,15H,6,11H2. The number of rotatable bonds is 4. The zero-order valence-electron chi connectivity index (χ0n) is 13.9. The van der Waals surface area contributed by atoms with Crippen molar-refractivity contribution >= 4 is 0 Å². The summed E-state index contributed by atoms with van der Waals surface area (Å²) in [6.07, 6.45) is 1.33. The predicted molar refractivity (Wildman–Crippen MR) is 89.0 cm³/mol. The van der Waals surface area contributed by atoms with Crippen LogP contribution in [-0.2, 0) is 10.7 Å². The first-order chi connectivity index (χ1) is 12.8. The van der Waals surface area contributed by atoms with E-state index in [9.17, 15) is 13.2 Å². The van der Waals surface area contributed by atoms with E-state index in [4.69, 9.17) is 4.74 Å². The van der Waals surface area contributed by atoms with Gasteiger partial charge in [-0.25, -0.2) is 13.2 Å². The number of alkyl halides is 3. The predicted octanol–water partition coefficient (Wildman–Crippen LogP) is 5.27. The van der Waals surface area contributed by atoms with E-state index in [0.29, 0.717) is 17.2 Å². The summed E-state index contributed by atoms with van der Waals surface area (Å²) < 4.78 is 75.5. The average molecular weight is 379 g/mol. The highest BCUT2D eigenvalue weighted by Gasteiger charge is 2.69. The van der Waals surface area contributed by atoms with Gasteiger partial charge >= 0.3 is 5.92 Å². The molecule has 0 saturated carbocycles. The van der Waals surface area contributed by atoms with Gasteiger partial charge in [0, 0.05) is 23.8 Å². The highest BCUT2D eigenvalue weighted by molar-refractivity contribution is 5.62. The minimum Gasteiger partial charge on any atom is -0.357 e. The molecule has 2 heterocycles. The molecule has 2 unspecified atom stereocenters. The summed E-state index contributed by atoms with van der Waals surface area (Å²) in [7, 11) is 0. The van der Waals surface area contributed by atoms with Gasteiger partial charge in [0.25, 0.3) is 0 Å². The molecule has 2 aliphatic rings. The van der Waals surface area contributed by atoms with Crippen molar-refractivity contribution in [2.24, 2.45) is 0 Å². The number of halogens is 5. The van der Waals surface area contributed by atoms with Crippen LogP contribution in [0.15, 0.2) is 66.1 Å². The maximum atomic E-state index is 15.1. The monoisotopic (exact) mass is 379 g/mol. The van der Waals surface area contributed by atoms with Gasteiger partial charge in [-0.3, -0.25) is 4.98 Å². The summed E-state index contributed by atoms with van der Waals surface area (Å²) in [5.74, 6) is -5.04. The SMILES string of the molecule is FC1=CC(F)CC=C1C1(C(F)(F)c2ccc(-c3ccc(F)cc3)cn2)CO1. The van der Waals surface area contributed by atoms with Crippen LogP contribution < -0.4 is 0 Å². The number of epoxide rings is 1. The lowest BCUT2D eigenvalue weighted by Crippen LogP contribution is -2.38. The van der Waals surface area contributed by atoms with Crippen LogP contribution >= 0.6 is 0 Å². The molecule has 0 bridgehead atoms. The number of benzene rings is 1. The first-order valence-electron chi connectivity index (χ1n) is 8.30. The molecule has 1 aliphatic heterocycles. The second-order valence-electron chi connectivity index (χ2n) is 6.51. The molecule has 4 rings (SSSR count). The van der Waals surface area contributed by atoms with Crippen LogP contribution in [0.1, 0.15) is 12.1 Å². The molecular formula is C20H14F5NO. The van der Waals surface area contributed by atoms with Crippen LogP contribution in [-0.4, -0.2) is 23.4 Å². The summed E-state index contributed by atoms with van der Waals surface area (Å²) in [4.78, 5) is 3.82. The van der Waals surface area contributed by atoms with Crippen molar-refractivity contribution in [1.82, 2.24) is 4.98 Å². The van der Waals surface area contributed by atoms with Crippen molar-refractivity contribution in [3.8, 4) is 11.1 Å². The van der Waals surface area contributed by atoms with Crippen molar-refractivity contribution in [2.75, 3.05) is 6.61 Å². The van der Waals surface area contributed by atoms with Crippen molar-refractivity contribution in [1.29, 1.82) is 0 Å². The van der Waals surface area contributed by atoms with Gasteiger partial charge in [0.2, 0.25) is 0 Å². The molecule has 1 fully saturated rings. The minimum absolute atomic E-state index is 0.180. The van der Waals surface area contributed by atoms with Gasteiger partial charge in [0.1, 0.15) is 23.5 Å². The molecule has 1 aliphatic carbocycles. The van der Waals surface area contributed by atoms with Gasteiger partial charge in [0.15, 0.2) is 5.60 Å². The summed E-state index contributed by atoms with van der Waals surface area (Å²) >= 11 is 0. The number of pyridine rings is 1. The van der Waals surface area contributed by atoms with Crippen molar-refractivity contribution in [2.45, 2.75) is 24.1 Å². The summed E-state index contributed by atoms with van der Waals surface area (Å²) in [5.41, 5.74) is -1.94. The number of nitrogens with zero attached hydrogens (tertiary/aromatic N) is 1. The maximum absolute atomic E-state index is 15.1. The molecule has 0 amide bonds. The Morgan fingerprint density at radius 2 is 1.70 bits per heavy atom. The Labute approximate surface area is 152 Å². The van der Waals surface area contributed by atoms with Crippen LogP contribution in [0, 0.1) is 5.82 Å². The number of ether oxygens (including phenoxy) is 1. The van der Waals surface area contributed by atoms with E-state index in [1.807, 2.05) is 0 Å². The Morgan fingerprint density at radius 3 is 2.26 bits per heavy atom. The minimum atomic E-state index is -3.60. The van der Waals surface area contributed by atoms with E-state index in [1.54, 1.807) is 0 Å². The third kappa shape index (κ3) is 2.96. The highest BCUT2D eigenvalue weighted by Crippen LogP contribution is 2.55. The normalized spacial score (nSPS) is 25.0. The second-order valence-corrected chi connectivity index (χ2v) is 6.51. The molecule has 1 aromatic heterocycles. The van der Waals surface area contributed by atoms with E-state index in [-0.39, 0.29) is 18.6 Å². The van der Waals surface area contributed by atoms with E-state index in [0.717, 1.165) is 12.1 Å². The van der Waals surface area contributed by atoms with Crippen LogP contribution in [0.2, 0.25) is 0 Å². The average Bonchev–Trinajstić information content (AvgIpc) is 3.45. The third-order valence-corrected chi connectivity index (χ3v) is 4.77. The largest absolute Gasteiger partial charge is 0.357 e. The van der Waals surface area contributed by atoms with Gasteiger partial charge in [0.05, 0.1) is 6.61 Å². The molecule has 1 saturated heterocycles.